The monoisotopic (exact) mass is 218 g/mol. The maximum absolute atomic E-state index is 11.0. The summed E-state index contributed by atoms with van der Waals surface area (Å²) in [6, 6.07) is 11.8. The largest absolute Gasteiger partial charge is 0.276 e. The van der Waals surface area contributed by atoms with Crippen LogP contribution in [-0.2, 0) is 6.42 Å². The SMILES string of the molecule is CCc1ccc2cc(C(=O)Cl)ccc2c1. The van der Waals surface area contributed by atoms with Gasteiger partial charge in [0.1, 0.15) is 0 Å². The highest BCUT2D eigenvalue weighted by atomic mass is 35.5. The lowest BCUT2D eigenvalue weighted by atomic mass is 10.0. The zero-order valence-corrected chi connectivity index (χ0v) is 9.21. The highest BCUT2D eigenvalue weighted by molar-refractivity contribution is 6.67. The number of benzene rings is 2. The van der Waals surface area contributed by atoms with Gasteiger partial charge in [-0.25, -0.2) is 0 Å². The third-order valence-electron chi connectivity index (χ3n) is 2.54. The van der Waals surface area contributed by atoms with E-state index in [4.69, 9.17) is 11.6 Å². The summed E-state index contributed by atoms with van der Waals surface area (Å²) in [5, 5.41) is 1.80. The third kappa shape index (κ3) is 2.02. The second-order valence-corrected chi connectivity index (χ2v) is 3.87. The second kappa shape index (κ2) is 4.03. The van der Waals surface area contributed by atoms with Crippen molar-refractivity contribution >= 4 is 27.6 Å². The van der Waals surface area contributed by atoms with Gasteiger partial charge in [0.2, 0.25) is 0 Å². The van der Waals surface area contributed by atoms with Crippen LogP contribution < -0.4 is 0 Å². The van der Waals surface area contributed by atoms with E-state index in [1.54, 1.807) is 6.07 Å². The molecule has 2 aromatic carbocycles. The van der Waals surface area contributed by atoms with E-state index in [9.17, 15) is 4.79 Å². The number of aryl methyl sites for hydroxylation is 1. The predicted molar refractivity (Wildman–Crippen MR) is 63.5 cm³/mol. The van der Waals surface area contributed by atoms with Crippen molar-refractivity contribution in [3.8, 4) is 0 Å². The van der Waals surface area contributed by atoms with Crippen LogP contribution in [0, 0.1) is 0 Å². The van der Waals surface area contributed by atoms with E-state index in [1.807, 2.05) is 18.2 Å². The molecule has 0 fully saturated rings. The van der Waals surface area contributed by atoms with E-state index in [2.05, 4.69) is 19.1 Å². The van der Waals surface area contributed by atoms with Crippen molar-refractivity contribution in [2.75, 3.05) is 0 Å². The van der Waals surface area contributed by atoms with Gasteiger partial charge in [0.05, 0.1) is 0 Å². The molecule has 0 aliphatic carbocycles. The lowest BCUT2D eigenvalue weighted by Gasteiger charge is -2.02. The molecule has 0 heterocycles. The number of hydrogen-bond acceptors (Lipinski definition) is 1. The van der Waals surface area contributed by atoms with E-state index in [-0.39, 0.29) is 0 Å². The second-order valence-electron chi connectivity index (χ2n) is 3.52. The number of fused-ring (bicyclic) bond motifs is 1. The van der Waals surface area contributed by atoms with E-state index in [0.29, 0.717) is 5.56 Å². The molecule has 0 N–H and O–H groups in total. The van der Waals surface area contributed by atoms with Crippen molar-refractivity contribution in [2.45, 2.75) is 13.3 Å². The zero-order valence-electron chi connectivity index (χ0n) is 8.46. The van der Waals surface area contributed by atoms with Crippen LogP contribution in [0.15, 0.2) is 36.4 Å². The number of carbonyl (C=O) groups excluding carboxylic acids is 1. The Bertz CT molecular complexity index is 517. The fourth-order valence-electron chi connectivity index (χ4n) is 1.64. The van der Waals surface area contributed by atoms with Crippen molar-refractivity contribution in [3.05, 3.63) is 47.5 Å². The fourth-order valence-corrected chi connectivity index (χ4v) is 1.75. The van der Waals surface area contributed by atoms with Crippen LogP contribution in [0.25, 0.3) is 10.8 Å². The van der Waals surface area contributed by atoms with Gasteiger partial charge >= 0.3 is 0 Å². The Labute approximate surface area is 93.7 Å². The van der Waals surface area contributed by atoms with Crippen LogP contribution in [0.4, 0.5) is 0 Å². The van der Waals surface area contributed by atoms with E-state index >= 15 is 0 Å². The summed E-state index contributed by atoms with van der Waals surface area (Å²) in [6.07, 6.45) is 1.02. The van der Waals surface area contributed by atoms with Crippen LogP contribution in [0.2, 0.25) is 0 Å². The van der Waals surface area contributed by atoms with Crippen molar-refractivity contribution in [1.29, 1.82) is 0 Å². The van der Waals surface area contributed by atoms with E-state index in [1.165, 1.54) is 5.56 Å². The van der Waals surface area contributed by atoms with Gasteiger partial charge in [-0.15, -0.1) is 0 Å². The molecule has 0 bridgehead atoms. The molecule has 15 heavy (non-hydrogen) atoms. The van der Waals surface area contributed by atoms with Crippen LogP contribution >= 0.6 is 11.6 Å². The lowest BCUT2D eigenvalue weighted by Crippen LogP contribution is -1.88. The first-order valence-electron chi connectivity index (χ1n) is 4.93. The average Bonchev–Trinajstić information content (AvgIpc) is 2.27. The van der Waals surface area contributed by atoms with Gasteiger partial charge in [0.15, 0.2) is 0 Å². The summed E-state index contributed by atoms with van der Waals surface area (Å²) >= 11 is 5.42. The standard InChI is InChI=1S/C13H11ClO/c1-2-9-3-4-11-8-12(13(14)15)6-5-10(11)7-9/h3-8H,2H2,1H3. The van der Waals surface area contributed by atoms with E-state index in [0.717, 1.165) is 17.2 Å². The molecule has 2 aromatic rings. The van der Waals surface area contributed by atoms with Crippen LogP contribution in [-0.4, -0.2) is 5.24 Å². The Hall–Kier alpha value is -1.34. The van der Waals surface area contributed by atoms with Crippen LogP contribution in [0.5, 0.6) is 0 Å². The van der Waals surface area contributed by atoms with Crippen molar-refractivity contribution < 1.29 is 4.79 Å². The Morgan fingerprint density at radius 3 is 2.47 bits per heavy atom. The van der Waals surface area contributed by atoms with Crippen molar-refractivity contribution in [2.24, 2.45) is 0 Å². The fraction of sp³-hybridized carbons (Fsp3) is 0.154. The molecular formula is C13H11ClO. The summed E-state index contributed by atoms with van der Waals surface area (Å²) in [7, 11) is 0. The first kappa shape index (κ1) is 10.2. The van der Waals surface area contributed by atoms with Crippen LogP contribution in [0.3, 0.4) is 0 Å². The summed E-state index contributed by atoms with van der Waals surface area (Å²) in [5.74, 6) is 0. The van der Waals surface area contributed by atoms with Gasteiger partial charge in [0, 0.05) is 5.56 Å². The molecule has 0 unspecified atom stereocenters. The maximum atomic E-state index is 11.0. The Balaban J connectivity index is 2.59. The Morgan fingerprint density at radius 1 is 1.13 bits per heavy atom. The summed E-state index contributed by atoms with van der Waals surface area (Å²) in [5.41, 5.74) is 1.85. The molecule has 0 radical (unpaired) electrons. The first-order valence-corrected chi connectivity index (χ1v) is 5.31. The smallest absolute Gasteiger partial charge is 0.252 e. The maximum Gasteiger partial charge on any atom is 0.252 e. The molecule has 0 amide bonds. The summed E-state index contributed by atoms with van der Waals surface area (Å²) in [6.45, 7) is 2.12. The van der Waals surface area contributed by atoms with Gasteiger partial charge in [-0.05, 0) is 46.5 Å². The number of carbonyl (C=O) groups is 1. The Morgan fingerprint density at radius 2 is 1.80 bits per heavy atom. The molecule has 0 aliphatic heterocycles. The Kier molecular flexibility index (Phi) is 2.74. The van der Waals surface area contributed by atoms with Crippen LogP contribution in [0.1, 0.15) is 22.8 Å². The van der Waals surface area contributed by atoms with Gasteiger partial charge in [-0.3, -0.25) is 4.79 Å². The minimum Gasteiger partial charge on any atom is -0.276 e. The quantitative estimate of drug-likeness (QED) is 0.701. The molecule has 0 aliphatic rings. The molecule has 0 atom stereocenters. The van der Waals surface area contributed by atoms with Crippen molar-refractivity contribution in [3.63, 3.8) is 0 Å². The predicted octanol–water partition coefficient (Wildman–Crippen LogP) is 3.78. The van der Waals surface area contributed by atoms with Gasteiger partial charge in [-0.1, -0.05) is 31.2 Å². The molecule has 76 valence electrons. The number of hydrogen-bond donors (Lipinski definition) is 0. The third-order valence-corrected chi connectivity index (χ3v) is 2.76. The molecule has 2 rings (SSSR count). The lowest BCUT2D eigenvalue weighted by molar-refractivity contribution is 0.108. The molecule has 0 spiro atoms. The molecule has 0 aromatic heterocycles. The average molecular weight is 219 g/mol. The number of rotatable bonds is 2. The molecule has 1 nitrogen and oxygen atoms in total. The molecule has 2 heteroatoms. The normalized spacial score (nSPS) is 10.5. The first-order chi connectivity index (χ1) is 7.20. The minimum absolute atomic E-state index is 0.406. The molecular weight excluding hydrogens is 208 g/mol. The number of halogens is 1. The van der Waals surface area contributed by atoms with Gasteiger partial charge in [-0.2, -0.15) is 0 Å². The highest BCUT2D eigenvalue weighted by Gasteiger charge is 2.02. The topological polar surface area (TPSA) is 17.1 Å². The minimum atomic E-state index is -0.406. The molecule has 0 saturated carbocycles. The zero-order chi connectivity index (χ0) is 10.8. The van der Waals surface area contributed by atoms with Crippen molar-refractivity contribution in [1.82, 2.24) is 0 Å². The van der Waals surface area contributed by atoms with Gasteiger partial charge < -0.3 is 0 Å². The van der Waals surface area contributed by atoms with E-state index < -0.39 is 5.24 Å². The molecule has 0 saturated heterocycles. The summed E-state index contributed by atoms with van der Waals surface area (Å²) in [4.78, 5) is 11.0. The highest BCUT2D eigenvalue weighted by Crippen LogP contribution is 2.19. The van der Waals surface area contributed by atoms with Gasteiger partial charge in [0.25, 0.3) is 5.24 Å². The summed E-state index contributed by atoms with van der Waals surface area (Å²) < 4.78 is 0.